The average Bonchev–Trinajstić information content (AvgIpc) is 2.90. The number of pyridine rings is 1. The van der Waals surface area contributed by atoms with Crippen molar-refractivity contribution in [2.45, 2.75) is 19.9 Å². The molecule has 0 saturated heterocycles. The summed E-state index contributed by atoms with van der Waals surface area (Å²) in [6.45, 7) is 3.55. The zero-order chi connectivity index (χ0) is 13.7. The molecule has 0 aliphatic heterocycles. The van der Waals surface area contributed by atoms with Gasteiger partial charge in [-0.15, -0.1) is 11.3 Å². The van der Waals surface area contributed by atoms with Gasteiger partial charge in [0.2, 0.25) is 0 Å². The third-order valence-electron chi connectivity index (χ3n) is 2.39. The Balaban J connectivity index is 2.10. The lowest BCUT2D eigenvalue weighted by Gasteiger charge is -2.11. The molecule has 19 heavy (non-hydrogen) atoms. The number of nitrogens with zero attached hydrogens (tertiary/aromatic N) is 2. The lowest BCUT2D eigenvalue weighted by molar-refractivity contribution is 0.968. The Morgan fingerprint density at radius 3 is 2.58 bits per heavy atom. The van der Waals surface area contributed by atoms with Crippen LogP contribution in [0.1, 0.15) is 18.2 Å². The molecular formula is C12H14Cl2N4S. The van der Waals surface area contributed by atoms with Crippen molar-refractivity contribution in [3.8, 4) is 0 Å². The van der Waals surface area contributed by atoms with Crippen molar-refractivity contribution in [3.63, 3.8) is 0 Å². The first-order chi connectivity index (χ1) is 9.20. The van der Waals surface area contributed by atoms with Gasteiger partial charge in [-0.25, -0.2) is 4.98 Å². The fourth-order valence-electron chi connectivity index (χ4n) is 1.46. The molecule has 0 bridgehead atoms. The maximum Gasteiger partial charge on any atom is 0.147 e. The summed E-state index contributed by atoms with van der Waals surface area (Å²) in [5, 5.41) is 7.40. The van der Waals surface area contributed by atoms with Crippen LogP contribution in [0.4, 0.5) is 11.6 Å². The Morgan fingerprint density at radius 1 is 1.21 bits per heavy atom. The minimum absolute atomic E-state index is 0.511. The van der Waals surface area contributed by atoms with Crippen LogP contribution in [-0.4, -0.2) is 16.5 Å². The summed E-state index contributed by atoms with van der Waals surface area (Å²) in [5.74, 6) is 1.28. The highest BCUT2D eigenvalue weighted by atomic mass is 35.5. The molecule has 0 unspecified atom stereocenters. The molecule has 2 rings (SSSR count). The van der Waals surface area contributed by atoms with Gasteiger partial charge in [-0.1, -0.05) is 30.1 Å². The first kappa shape index (κ1) is 14.4. The fraction of sp³-hybridized carbons (Fsp3) is 0.333. The van der Waals surface area contributed by atoms with E-state index >= 15 is 0 Å². The molecule has 0 aliphatic carbocycles. The van der Waals surface area contributed by atoms with E-state index in [2.05, 4.69) is 27.5 Å². The third kappa shape index (κ3) is 3.96. The topological polar surface area (TPSA) is 49.8 Å². The molecule has 0 radical (unpaired) electrons. The predicted molar refractivity (Wildman–Crippen MR) is 82.5 cm³/mol. The summed E-state index contributed by atoms with van der Waals surface area (Å²) >= 11 is 13.8. The molecule has 7 heteroatoms. The molecule has 0 amide bonds. The highest BCUT2D eigenvalue weighted by Gasteiger charge is 2.09. The maximum absolute atomic E-state index is 6.13. The van der Waals surface area contributed by atoms with Crippen molar-refractivity contribution in [2.75, 3.05) is 17.2 Å². The zero-order valence-electron chi connectivity index (χ0n) is 10.4. The molecular weight excluding hydrogens is 303 g/mol. The van der Waals surface area contributed by atoms with E-state index in [0.717, 1.165) is 17.8 Å². The quantitative estimate of drug-likeness (QED) is 0.835. The van der Waals surface area contributed by atoms with Crippen molar-refractivity contribution >= 4 is 46.2 Å². The van der Waals surface area contributed by atoms with Crippen LogP contribution >= 0.6 is 34.5 Å². The molecule has 0 aromatic carbocycles. The number of anilines is 2. The summed E-state index contributed by atoms with van der Waals surface area (Å²) in [6, 6.07) is 1.70. The van der Waals surface area contributed by atoms with E-state index in [1.165, 1.54) is 0 Å². The second-order valence-electron chi connectivity index (χ2n) is 3.90. The standard InChI is InChI=1S/C12H14Cl2N4S/c1-2-3-16-11-9(13)4-10(14)12(18-11)17-6-8-5-15-7-19-8/h4-5,7H,2-3,6H2,1H3,(H2,16,17,18). The summed E-state index contributed by atoms with van der Waals surface area (Å²) in [4.78, 5) is 9.55. The molecule has 0 fully saturated rings. The second kappa shape index (κ2) is 6.93. The second-order valence-corrected chi connectivity index (χ2v) is 5.68. The Kier molecular flexibility index (Phi) is 5.24. The van der Waals surface area contributed by atoms with Gasteiger partial charge >= 0.3 is 0 Å². The zero-order valence-corrected chi connectivity index (χ0v) is 12.7. The van der Waals surface area contributed by atoms with Crippen LogP contribution < -0.4 is 10.6 Å². The first-order valence-electron chi connectivity index (χ1n) is 5.92. The molecule has 2 aromatic heterocycles. The number of nitrogens with one attached hydrogen (secondary N) is 2. The van der Waals surface area contributed by atoms with Crippen molar-refractivity contribution in [1.82, 2.24) is 9.97 Å². The van der Waals surface area contributed by atoms with E-state index in [1.54, 1.807) is 22.9 Å². The smallest absolute Gasteiger partial charge is 0.147 e. The molecule has 0 atom stereocenters. The number of halogens is 2. The van der Waals surface area contributed by atoms with Crippen molar-refractivity contribution in [3.05, 3.63) is 32.7 Å². The van der Waals surface area contributed by atoms with E-state index < -0.39 is 0 Å². The minimum atomic E-state index is 0.511. The lowest BCUT2D eigenvalue weighted by atomic mass is 10.4. The number of hydrogen-bond acceptors (Lipinski definition) is 5. The van der Waals surface area contributed by atoms with Crippen LogP contribution in [0.2, 0.25) is 10.0 Å². The van der Waals surface area contributed by atoms with Crippen LogP contribution in [0.15, 0.2) is 17.8 Å². The SMILES string of the molecule is CCCNc1nc(NCc2cncs2)c(Cl)cc1Cl. The molecule has 102 valence electrons. The molecule has 2 heterocycles. The summed E-state index contributed by atoms with van der Waals surface area (Å²) in [6.07, 6.45) is 2.82. The van der Waals surface area contributed by atoms with Gasteiger partial charge in [-0.05, 0) is 12.5 Å². The van der Waals surface area contributed by atoms with Gasteiger partial charge in [0.1, 0.15) is 11.6 Å². The summed E-state index contributed by atoms with van der Waals surface area (Å²) < 4.78 is 0. The van der Waals surface area contributed by atoms with Gasteiger partial charge in [-0.3, -0.25) is 4.98 Å². The summed E-state index contributed by atoms with van der Waals surface area (Å²) in [7, 11) is 0. The van der Waals surface area contributed by atoms with Crippen LogP contribution in [0.25, 0.3) is 0 Å². The Hall–Kier alpha value is -1.04. The van der Waals surface area contributed by atoms with Crippen LogP contribution in [0, 0.1) is 0 Å². The predicted octanol–water partition coefficient (Wildman–Crippen LogP) is 4.28. The van der Waals surface area contributed by atoms with E-state index in [-0.39, 0.29) is 0 Å². The Labute approximate surface area is 126 Å². The van der Waals surface area contributed by atoms with Gasteiger partial charge < -0.3 is 10.6 Å². The summed E-state index contributed by atoms with van der Waals surface area (Å²) in [5.41, 5.74) is 1.79. The number of hydrogen-bond donors (Lipinski definition) is 2. The van der Waals surface area contributed by atoms with Crippen molar-refractivity contribution in [2.24, 2.45) is 0 Å². The Morgan fingerprint density at radius 2 is 1.95 bits per heavy atom. The maximum atomic E-state index is 6.13. The van der Waals surface area contributed by atoms with E-state index in [9.17, 15) is 0 Å². The van der Waals surface area contributed by atoms with E-state index in [0.29, 0.717) is 28.2 Å². The molecule has 2 N–H and O–H groups in total. The molecule has 0 saturated carbocycles. The van der Waals surface area contributed by atoms with E-state index in [4.69, 9.17) is 23.2 Å². The third-order valence-corrected chi connectivity index (χ3v) is 3.74. The van der Waals surface area contributed by atoms with Crippen LogP contribution in [0.3, 0.4) is 0 Å². The van der Waals surface area contributed by atoms with Gasteiger partial charge in [0, 0.05) is 17.6 Å². The van der Waals surface area contributed by atoms with Gasteiger partial charge in [-0.2, -0.15) is 0 Å². The normalized spacial score (nSPS) is 10.5. The first-order valence-corrected chi connectivity index (χ1v) is 7.55. The number of thiazole rings is 1. The van der Waals surface area contributed by atoms with Crippen molar-refractivity contribution < 1.29 is 0 Å². The molecule has 0 aliphatic rings. The Bertz CT molecular complexity index is 531. The highest BCUT2D eigenvalue weighted by molar-refractivity contribution is 7.09. The highest BCUT2D eigenvalue weighted by Crippen LogP contribution is 2.29. The van der Waals surface area contributed by atoms with E-state index in [1.807, 2.05) is 6.20 Å². The fourth-order valence-corrected chi connectivity index (χ4v) is 2.48. The van der Waals surface area contributed by atoms with Gasteiger partial charge in [0.05, 0.1) is 22.1 Å². The van der Waals surface area contributed by atoms with Gasteiger partial charge in [0.25, 0.3) is 0 Å². The van der Waals surface area contributed by atoms with Crippen LogP contribution in [-0.2, 0) is 6.54 Å². The molecule has 2 aromatic rings. The minimum Gasteiger partial charge on any atom is -0.369 e. The lowest BCUT2D eigenvalue weighted by Crippen LogP contribution is -2.06. The average molecular weight is 317 g/mol. The van der Waals surface area contributed by atoms with Crippen molar-refractivity contribution in [1.29, 1.82) is 0 Å². The monoisotopic (exact) mass is 316 g/mol. The number of aromatic nitrogens is 2. The number of rotatable bonds is 6. The molecule has 0 spiro atoms. The molecule has 4 nitrogen and oxygen atoms in total. The van der Waals surface area contributed by atoms with Gasteiger partial charge in [0.15, 0.2) is 0 Å². The largest absolute Gasteiger partial charge is 0.369 e. The van der Waals surface area contributed by atoms with Crippen LogP contribution in [0.5, 0.6) is 0 Å².